The zero-order valence-electron chi connectivity index (χ0n) is 20.3. The number of phenolic OH excluding ortho intramolecular Hbond substituents is 1. The smallest absolute Gasteiger partial charge is 0.339 e. The Bertz CT molecular complexity index is 1570. The molecule has 0 bridgehead atoms. The molecule has 0 radical (unpaired) electrons. The van der Waals surface area contributed by atoms with Gasteiger partial charge in [0.15, 0.2) is 11.6 Å². The summed E-state index contributed by atoms with van der Waals surface area (Å²) in [7, 11) is 2.74. The average molecular weight is 506 g/mol. The maximum Gasteiger partial charge on any atom is 0.339 e. The summed E-state index contributed by atoms with van der Waals surface area (Å²) in [6.45, 7) is 4.09. The van der Waals surface area contributed by atoms with Crippen LogP contribution >= 0.6 is 0 Å². The van der Waals surface area contributed by atoms with Gasteiger partial charge >= 0.3 is 5.97 Å². The molecule has 0 amide bonds. The normalized spacial score (nSPS) is 14.3. The highest BCUT2D eigenvalue weighted by atomic mass is 19.1. The van der Waals surface area contributed by atoms with Gasteiger partial charge in [0.2, 0.25) is 0 Å². The van der Waals surface area contributed by atoms with Crippen molar-refractivity contribution in [1.29, 1.82) is 0 Å². The Hall–Kier alpha value is -4.33. The molecule has 0 atom stereocenters. The van der Waals surface area contributed by atoms with Crippen LogP contribution < -0.4 is 9.47 Å². The van der Waals surface area contributed by atoms with Crippen LogP contribution in [0.2, 0.25) is 0 Å². The van der Waals surface area contributed by atoms with E-state index in [1.54, 1.807) is 22.8 Å². The molecule has 190 valence electrons. The molecule has 1 saturated carbocycles. The lowest BCUT2D eigenvalue weighted by atomic mass is 9.65. The van der Waals surface area contributed by atoms with Crippen LogP contribution in [-0.4, -0.2) is 35.0 Å². The first-order valence-electron chi connectivity index (χ1n) is 11.7. The van der Waals surface area contributed by atoms with E-state index < -0.39 is 23.0 Å². The van der Waals surface area contributed by atoms with Gasteiger partial charge in [-0.15, -0.1) is 6.58 Å². The third-order valence-electron chi connectivity index (χ3n) is 7.23. The van der Waals surface area contributed by atoms with Crippen LogP contribution in [0.4, 0.5) is 8.78 Å². The van der Waals surface area contributed by atoms with Gasteiger partial charge in [0.1, 0.15) is 22.9 Å². The second kappa shape index (κ2) is 8.96. The quantitative estimate of drug-likeness (QED) is 0.277. The first-order chi connectivity index (χ1) is 17.7. The molecule has 0 spiro atoms. The summed E-state index contributed by atoms with van der Waals surface area (Å²) < 4.78 is 41.4. The van der Waals surface area contributed by atoms with Crippen LogP contribution in [-0.2, 0) is 5.41 Å². The van der Waals surface area contributed by atoms with Crippen molar-refractivity contribution in [2.24, 2.45) is 0 Å². The van der Waals surface area contributed by atoms with Crippen molar-refractivity contribution in [2.75, 3.05) is 14.2 Å². The molecular weight excluding hydrogens is 480 g/mol. The molecule has 3 aromatic carbocycles. The number of carboxylic acids is 1. The molecule has 2 N–H and O–H groups in total. The van der Waals surface area contributed by atoms with Gasteiger partial charge in [-0.2, -0.15) is 0 Å². The highest BCUT2D eigenvalue weighted by Gasteiger charge is 2.42. The van der Waals surface area contributed by atoms with Crippen molar-refractivity contribution >= 4 is 16.9 Å². The molecule has 0 aliphatic heterocycles. The number of nitrogens with zero attached hydrogens (tertiary/aromatic N) is 1. The van der Waals surface area contributed by atoms with E-state index in [-0.39, 0.29) is 22.8 Å². The predicted octanol–water partition coefficient (Wildman–Crippen LogP) is 6.60. The van der Waals surface area contributed by atoms with Crippen molar-refractivity contribution in [3.8, 4) is 34.1 Å². The maximum atomic E-state index is 14.7. The molecule has 1 heterocycles. The van der Waals surface area contributed by atoms with E-state index in [1.165, 1.54) is 38.5 Å². The zero-order valence-corrected chi connectivity index (χ0v) is 20.3. The SMILES string of the molecule is C=CC1(c2c(-c3ccc(C(=O)O)c(OC)c3)c3c(O)cc(F)cc3n2-c2ccc(F)c(OC)c2)CCC1. The number of hydrogen-bond donors (Lipinski definition) is 2. The summed E-state index contributed by atoms with van der Waals surface area (Å²) in [4.78, 5) is 11.7. The fraction of sp³-hybridized carbons (Fsp3) is 0.207. The van der Waals surface area contributed by atoms with E-state index in [4.69, 9.17) is 9.47 Å². The monoisotopic (exact) mass is 505 g/mol. The number of halogens is 2. The number of aromatic nitrogens is 1. The summed E-state index contributed by atoms with van der Waals surface area (Å²) >= 11 is 0. The number of hydrogen-bond acceptors (Lipinski definition) is 4. The van der Waals surface area contributed by atoms with Crippen LogP contribution in [0.3, 0.4) is 0 Å². The highest BCUT2D eigenvalue weighted by Crippen LogP contribution is 2.54. The Balaban J connectivity index is 1.96. The molecule has 4 aromatic rings. The van der Waals surface area contributed by atoms with Crippen molar-refractivity contribution in [3.05, 3.63) is 84.1 Å². The Morgan fingerprint density at radius 1 is 1.05 bits per heavy atom. The third-order valence-corrected chi connectivity index (χ3v) is 7.23. The summed E-state index contributed by atoms with van der Waals surface area (Å²) in [6, 6.07) is 11.4. The van der Waals surface area contributed by atoms with E-state index >= 15 is 0 Å². The molecule has 6 nitrogen and oxygen atoms in total. The highest BCUT2D eigenvalue weighted by molar-refractivity contribution is 6.04. The summed E-state index contributed by atoms with van der Waals surface area (Å²) in [6.07, 6.45) is 4.29. The number of ether oxygens (including phenoxy) is 2. The fourth-order valence-electron chi connectivity index (χ4n) is 5.29. The summed E-state index contributed by atoms with van der Waals surface area (Å²) in [5.74, 6) is -2.45. The second-order valence-corrected chi connectivity index (χ2v) is 9.13. The minimum atomic E-state index is -1.14. The minimum Gasteiger partial charge on any atom is -0.507 e. The number of carbonyl (C=O) groups is 1. The van der Waals surface area contributed by atoms with Gasteiger partial charge in [-0.1, -0.05) is 18.6 Å². The van der Waals surface area contributed by atoms with Gasteiger partial charge in [0, 0.05) is 34.5 Å². The second-order valence-electron chi connectivity index (χ2n) is 9.13. The molecule has 5 rings (SSSR count). The van der Waals surface area contributed by atoms with Crippen LogP contribution in [0.5, 0.6) is 17.2 Å². The maximum absolute atomic E-state index is 14.7. The molecular formula is C29H25F2NO5. The first-order valence-corrected chi connectivity index (χ1v) is 11.7. The van der Waals surface area contributed by atoms with Gasteiger partial charge in [-0.3, -0.25) is 0 Å². The molecule has 37 heavy (non-hydrogen) atoms. The number of methoxy groups -OCH3 is 2. The standard InChI is InChI=1S/C29H25F2NO5/c1-4-29(10-5-11-29)27-25(16-6-8-19(28(34)35)23(12-16)36-2)26-21(13-17(30)14-22(26)33)32(27)18-7-9-20(31)24(15-18)37-3/h4,6-9,12-15,33H,1,5,10-11H2,2-3H3,(H,34,35). The van der Waals surface area contributed by atoms with Crippen molar-refractivity contribution in [3.63, 3.8) is 0 Å². The number of allylic oxidation sites excluding steroid dienone is 1. The number of rotatable bonds is 7. The van der Waals surface area contributed by atoms with E-state index in [1.807, 2.05) is 6.08 Å². The number of carboxylic acid groups (broad SMARTS) is 1. The van der Waals surface area contributed by atoms with E-state index in [0.29, 0.717) is 27.7 Å². The number of fused-ring (bicyclic) bond motifs is 1. The van der Waals surface area contributed by atoms with Crippen LogP contribution in [0.1, 0.15) is 35.3 Å². The van der Waals surface area contributed by atoms with Crippen molar-refractivity contribution < 1.29 is 33.3 Å². The Labute approximate surface area is 212 Å². The van der Waals surface area contributed by atoms with E-state index in [0.717, 1.165) is 31.0 Å². The Morgan fingerprint density at radius 3 is 2.38 bits per heavy atom. The average Bonchev–Trinajstić information content (AvgIpc) is 3.19. The minimum absolute atomic E-state index is 0.0150. The fourth-order valence-corrected chi connectivity index (χ4v) is 5.29. The van der Waals surface area contributed by atoms with Crippen LogP contribution in [0, 0.1) is 11.6 Å². The lowest BCUT2D eigenvalue weighted by Crippen LogP contribution is -2.34. The number of aromatic carboxylic acids is 1. The zero-order chi connectivity index (χ0) is 26.5. The molecule has 1 fully saturated rings. The third kappa shape index (κ3) is 3.71. The van der Waals surface area contributed by atoms with E-state index in [2.05, 4.69) is 6.58 Å². The summed E-state index contributed by atoms with van der Waals surface area (Å²) in [5, 5.41) is 21.0. The van der Waals surface area contributed by atoms with Gasteiger partial charge < -0.3 is 24.3 Å². The Kier molecular flexibility index (Phi) is 5.90. The van der Waals surface area contributed by atoms with Crippen molar-refractivity contribution in [1.82, 2.24) is 4.57 Å². The lowest BCUT2D eigenvalue weighted by molar-refractivity contribution is 0.0693. The number of benzene rings is 3. The Morgan fingerprint density at radius 2 is 1.78 bits per heavy atom. The predicted molar refractivity (Wildman–Crippen MR) is 136 cm³/mol. The van der Waals surface area contributed by atoms with Gasteiger partial charge in [0.05, 0.1) is 25.1 Å². The topological polar surface area (TPSA) is 80.9 Å². The molecule has 8 heteroatoms. The molecule has 0 unspecified atom stereocenters. The molecule has 1 aromatic heterocycles. The molecule has 1 aliphatic carbocycles. The van der Waals surface area contributed by atoms with Crippen LogP contribution in [0.15, 0.2) is 61.2 Å². The number of aromatic hydroxyl groups is 1. The van der Waals surface area contributed by atoms with Gasteiger partial charge in [-0.05, 0) is 48.7 Å². The van der Waals surface area contributed by atoms with Gasteiger partial charge in [-0.25, -0.2) is 13.6 Å². The molecule has 1 aliphatic rings. The lowest BCUT2D eigenvalue weighted by Gasteiger charge is -2.41. The molecule has 0 saturated heterocycles. The largest absolute Gasteiger partial charge is 0.507 e. The van der Waals surface area contributed by atoms with Crippen molar-refractivity contribution in [2.45, 2.75) is 24.7 Å². The van der Waals surface area contributed by atoms with Gasteiger partial charge in [0.25, 0.3) is 0 Å². The number of phenols is 1. The first kappa shape index (κ1) is 24.4. The summed E-state index contributed by atoms with van der Waals surface area (Å²) in [5.41, 5.74) is 2.22. The van der Waals surface area contributed by atoms with E-state index in [9.17, 15) is 23.8 Å². The van der Waals surface area contributed by atoms with Crippen LogP contribution in [0.25, 0.3) is 27.7 Å².